The van der Waals surface area contributed by atoms with Gasteiger partial charge in [0.1, 0.15) is 4.01 Å². The van der Waals surface area contributed by atoms with Crippen molar-refractivity contribution in [1.29, 1.82) is 0 Å². The standard InChI is InChI=1S/C13H15N3OS2.ClH/c17-10(8-7-13(8)2-4-14-5-3-13)16-12-15-9-1-6-18-11(9)19-12;/h1,6,8,14H,2-5,7H2,(H,15,16,17);1H. The molecule has 2 N–H and O–H groups in total. The first kappa shape index (κ1) is 14.3. The monoisotopic (exact) mass is 329 g/mol. The highest BCUT2D eigenvalue weighted by Gasteiger charge is 2.57. The van der Waals surface area contributed by atoms with Crippen molar-refractivity contribution in [3.8, 4) is 0 Å². The Kier molecular flexibility index (Phi) is 3.75. The van der Waals surface area contributed by atoms with Crippen molar-refractivity contribution in [1.82, 2.24) is 10.3 Å². The molecule has 1 amide bonds. The van der Waals surface area contributed by atoms with E-state index in [2.05, 4.69) is 15.6 Å². The molecule has 1 aliphatic carbocycles. The van der Waals surface area contributed by atoms with Crippen LogP contribution in [0.4, 0.5) is 5.13 Å². The summed E-state index contributed by atoms with van der Waals surface area (Å²) in [6, 6.07) is 2.00. The highest BCUT2D eigenvalue weighted by molar-refractivity contribution is 7.39. The summed E-state index contributed by atoms with van der Waals surface area (Å²) in [6.45, 7) is 2.10. The van der Waals surface area contributed by atoms with Crippen LogP contribution in [0.3, 0.4) is 0 Å². The van der Waals surface area contributed by atoms with Gasteiger partial charge in [-0.3, -0.25) is 4.79 Å². The summed E-state index contributed by atoms with van der Waals surface area (Å²) in [5.41, 5.74) is 1.29. The normalized spacial score (nSPS) is 23.5. The lowest BCUT2D eigenvalue weighted by Gasteiger charge is -2.22. The van der Waals surface area contributed by atoms with E-state index < -0.39 is 0 Å². The molecule has 1 aliphatic heterocycles. The number of hydrogen-bond acceptors (Lipinski definition) is 5. The van der Waals surface area contributed by atoms with Crippen molar-refractivity contribution < 1.29 is 4.79 Å². The number of halogens is 1. The van der Waals surface area contributed by atoms with E-state index in [4.69, 9.17) is 0 Å². The molecule has 2 fully saturated rings. The van der Waals surface area contributed by atoms with Crippen LogP contribution in [0, 0.1) is 11.3 Å². The summed E-state index contributed by atoms with van der Waals surface area (Å²) in [7, 11) is 0. The van der Waals surface area contributed by atoms with Crippen molar-refractivity contribution >= 4 is 55.6 Å². The molecule has 20 heavy (non-hydrogen) atoms. The number of rotatable bonds is 2. The fraction of sp³-hybridized carbons (Fsp3) is 0.538. The van der Waals surface area contributed by atoms with Crippen molar-refractivity contribution in [2.45, 2.75) is 19.3 Å². The molecule has 0 bridgehead atoms. The van der Waals surface area contributed by atoms with E-state index >= 15 is 0 Å². The van der Waals surface area contributed by atoms with E-state index in [1.165, 1.54) is 4.01 Å². The lowest BCUT2D eigenvalue weighted by atomic mass is 9.92. The minimum atomic E-state index is 0. The average Bonchev–Trinajstić information content (AvgIpc) is 2.74. The van der Waals surface area contributed by atoms with Gasteiger partial charge in [-0.15, -0.1) is 23.7 Å². The first-order valence-corrected chi connectivity index (χ1v) is 8.32. The average molecular weight is 330 g/mol. The SMILES string of the molecule is Cl.O=C(Nc1nc2ccsc2s1)C1CC12CCNCC2. The number of aromatic nitrogens is 1. The molecule has 3 heterocycles. The van der Waals surface area contributed by atoms with Gasteiger partial charge >= 0.3 is 0 Å². The molecule has 2 aromatic heterocycles. The summed E-state index contributed by atoms with van der Waals surface area (Å²) in [4.78, 5) is 16.7. The molecule has 2 aliphatic rings. The van der Waals surface area contributed by atoms with Crippen LogP contribution in [0.5, 0.6) is 0 Å². The molecule has 0 radical (unpaired) electrons. The summed E-state index contributed by atoms with van der Waals surface area (Å²) in [5, 5.41) is 9.15. The highest BCUT2D eigenvalue weighted by atomic mass is 35.5. The molecule has 0 aromatic carbocycles. The molecule has 1 saturated heterocycles. The van der Waals surface area contributed by atoms with Gasteiger partial charge in [-0.25, -0.2) is 4.98 Å². The number of thiazole rings is 1. The molecule has 4 rings (SSSR count). The van der Waals surface area contributed by atoms with Gasteiger partial charge < -0.3 is 10.6 Å². The van der Waals surface area contributed by atoms with Crippen LogP contribution in [-0.4, -0.2) is 24.0 Å². The molecule has 108 valence electrons. The molecule has 1 spiro atoms. The van der Waals surface area contributed by atoms with Gasteiger partial charge in [0, 0.05) is 5.92 Å². The van der Waals surface area contributed by atoms with Gasteiger partial charge in [-0.1, -0.05) is 11.3 Å². The molecular weight excluding hydrogens is 314 g/mol. The van der Waals surface area contributed by atoms with Crippen molar-refractivity contribution in [3.05, 3.63) is 11.4 Å². The lowest BCUT2D eigenvalue weighted by Crippen LogP contribution is -2.31. The van der Waals surface area contributed by atoms with Gasteiger partial charge in [0.2, 0.25) is 5.91 Å². The molecule has 4 nitrogen and oxygen atoms in total. The zero-order valence-electron chi connectivity index (χ0n) is 10.8. The maximum Gasteiger partial charge on any atom is 0.229 e. The third kappa shape index (κ3) is 2.35. The Hall–Kier alpha value is -0.690. The smallest absolute Gasteiger partial charge is 0.229 e. The predicted octanol–water partition coefficient (Wildman–Crippen LogP) is 3.11. The minimum Gasteiger partial charge on any atom is -0.317 e. The Labute approximate surface area is 131 Å². The Balaban J connectivity index is 0.00000121. The number of nitrogens with zero attached hydrogens (tertiary/aromatic N) is 1. The van der Waals surface area contributed by atoms with E-state index in [-0.39, 0.29) is 24.2 Å². The fourth-order valence-electron chi connectivity index (χ4n) is 3.11. The Morgan fingerprint density at radius 3 is 3.00 bits per heavy atom. The molecule has 1 unspecified atom stereocenters. The van der Waals surface area contributed by atoms with Gasteiger partial charge in [0.05, 0.1) is 5.52 Å². The number of thiophene rings is 1. The summed E-state index contributed by atoms with van der Waals surface area (Å²) in [5.74, 6) is 0.375. The van der Waals surface area contributed by atoms with E-state index in [0.717, 1.165) is 43.0 Å². The highest BCUT2D eigenvalue weighted by Crippen LogP contribution is 2.58. The van der Waals surface area contributed by atoms with Crippen LogP contribution in [0.2, 0.25) is 0 Å². The van der Waals surface area contributed by atoms with Crippen LogP contribution >= 0.6 is 35.1 Å². The van der Waals surface area contributed by atoms with Crippen LogP contribution in [0.15, 0.2) is 11.4 Å². The number of fused-ring (bicyclic) bond motifs is 1. The number of amides is 1. The largest absolute Gasteiger partial charge is 0.317 e. The van der Waals surface area contributed by atoms with Crippen LogP contribution < -0.4 is 10.6 Å². The topological polar surface area (TPSA) is 54.0 Å². The lowest BCUT2D eigenvalue weighted by molar-refractivity contribution is -0.118. The first-order chi connectivity index (χ1) is 9.27. The van der Waals surface area contributed by atoms with E-state index in [1.807, 2.05) is 11.4 Å². The molecular formula is C13H16ClN3OS2. The Bertz CT molecular complexity index is 604. The van der Waals surface area contributed by atoms with Crippen LogP contribution in [0.25, 0.3) is 9.53 Å². The van der Waals surface area contributed by atoms with Gasteiger partial charge in [-0.2, -0.15) is 0 Å². The van der Waals surface area contributed by atoms with Crippen molar-refractivity contribution in [2.24, 2.45) is 11.3 Å². The van der Waals surface area contributed by atoms with E-state index in [0.29, 0.717) is 5.41 Å². The number of piperidine rings is 1. The number of anilines is 1. The van der Waals surface area contributed by atoms with Crippen LogP contribution in [-0.2, 0) is 4.79 Å². The number of carbonyl (C=O) groups excluding carboxylic acids is 1. The number of nitrogens with one attached hydrogen (secondary N) is 2. The van der Waals surface area contributed by atoms with E-state index in [1.54, 1.807) is 22.7 Å². The molecule has 2 aromatic rings. The third-order valence-corrected chi connectivity index (χ3v) is 6.37. The van der Waals surface area contributed by atoms with Gasteiger partial charge in [0.15, 0.2) is 5.13 Å². The summed E-state index contributed by atoms with van der Waals surface area (Å²) in [6.07, 6.45) is 3.33. The fourth-order valence-corrected chi connectivity index (χ4v) is 4.95. The van der Waals surface area contributed by atoms with Crippen molar-refractivity contribution in [2.75, 3.05) is 18.4 Å². The first-order valence-electron chi connectivity index (χ1n) is 6.62. The van der Waals surface area contributed by atoms with E-state index in [9.17, 15) is 4.79 Å². The van der Waals surface area contributed by atoms with Gasteiger partial charge in [-0.05, 0) is 49.2 Å². The molecule has 1 atom stereocenters. The summed E-state index contributed by atoms with van der Waals surface area (Å²) < 4.78 is 1.18. The zero-order valence-corrected chi connectivity index (χ0v) is 13.3. The maximum absolute atomic E-state index is 12.3. The Morgan fingerprint density at radius 1 is 1.45 bits per heavy atom. The number of hydrogen-bond donors (Lipinski definition) is 2. The molecule has 7 heteroatoms. The zero-order chi connectivity index (χ0) is 12.9. The Morgan fingerprint density at radius 2 is 2.25 bits per heavy atom. The van der Waals surface area contributed by atoms with Crippen LogP contribution in [0.1, 0.15) is 19.3 Å². The maximum atomic E-state index is 12.3. The molecule has 1 saturated carbocycles. The quantitative estimate of drug-likeness (QED) is 0.890. The summed E-state index contributed by atoms with van der Waals surface area (Å²) >= 11 is 3.25. The second-order valence-corrected chi connectivity index (χ2v) is 7.64. The third-order valence-electron chi connectivity index (χ3n) is 4.36. The number of carbonyl (C=O) groups is 1. The second kappa shape index (κ2) is 5.26. The van der Waals surface area contributed by atoms with Gasteiger partial charge in [0.25, 0.3) is 0 Å². The van der Waals surface area contributed by atoms with Crippen molar-refractivity contribution in [3.63, 3.8) is 0 Å². The predicted molar refractivity (Wildman–Crippen MR) is 86.0 cm³/mol. The second-order valence-electron chi connectivity index (χ2n) is 5.47. The minimum absolute atomic E-state index is 0.